The van der Waals surface area contributed by atoms with Gasteiger partial charge in [-0.2, -0.15) is 0 Å². The van der Waals surface area contributed by atoms with E-state index in [9.17, 15) is 4.79 Å². The zero-order valence-corrected chi connectivity index (χ0v) is 6.49. The van der Waals surface area contributed by atoms with Crippen LogP contribution in [-0.2, 0) is 0 Å². The van der Waals surface area contributed by atoms with Gasteiger partial charge in [0.1, 0.15) is 18.4 Å². The van der Waals surface area contributed by atoms with Gasteiger partial charge >= 0.3 is 0 Å². The van der Waals surface area contributed by atoms with E-state index in [2.05, 4.69) is 0 Å². The lowest BCUT2D eigenvalue weighted by Gasteiger charge is -2.20. The van der Waals surface area contributed by atoms with Crippen molar-refractivity contribution < 1.29 is 9.53 Å². The molecule has 62 valence electrons. The Morgan fingerprint density at radius 3 is 3.00 bits per heavy atom. The number of carbonyl (C=O) groups excluding carboxylic acids is 1. The van der Waals surface area contributed by atoms with E-state index in [4.69, 9.17) is 10.5 Å². The SMILES string of the molecule is N[C@@H]1COc2ccccc2C1=O. The fourth-order valence-electron chi connectivity index (χ4n) is 1.25. The Balaban J connectivity index is 2.49. The standard InChI is InChI=1S/C9H9NO2/c10-7-5-12-8-4-2-1-3-6(8)9(7)11/h1-4,7H,5,10H2/t7-/m1/s1. The number of Topliss-reactive ketones (excluding diaryl/α,β-unsaturated/α-hetero) is 1. The number of ether oxygens (including phenoxy) is 1. The summed E-state index contributed by atoms with van der Waals surface area (Å²) in [4.78, 5) is 11.4. The van der Waals surface area contributed by atoms with Gasteiger partial charge in [0.05, 0.1) is 5.56 Å². The number of hydrogen-bond donors (Lipinski definition) is 1. The Hall–Kier alpha value is -1.35. The van der Waals surface area contributed by atoms with Crippen molar-refractivity contribution >= 4 is 5.78 Å². The van der Waals surface area contributed by atoms with Gasteiger partial charge in [-0.15, -0.1) is 0 Å². The maximum absolute atomic E-state index is 11.4. The highest BCUT2D eigenvalue weighted by Crippen LogP contribution is 2.22. The van der Waals surface area contributed by atoms with Crippen LogP contribution in [0.5, 0.6) is 5.75 Å². The number of carbonyl (C=O) groups is 1. The largest absolute Gasteiger partial charge is 0.491 e. The van der Waals surface area contributed by atoms with Gasteiger partial charge in [-0.05, 0) is 12.1 Å². The zero-order chi connectivity index (χ0) is 8.55. The van der Waals surface area contributed by atoms with Crippen molar-refractivity contribution in [3.05, 3.63) is 29.8 Å². The number of benzene rings is 1. The lowest BCUT2D eigenvalue weighted by atomic mass is 10.0. The van der Waals surface area contributed by atoms with Gasteiger partial charge < -0.3 is 10.5 Å². The molecule has 0 bridgehead atoms. The number of fused-ring (bicyclic) bond motifs is 1. The van der Waals surface area contributed by atoms with Crippen molar-refractivity contribution in [2.24, 2.45) is 5.73 Å². The molecule has 1 aliphatic rings. The summed E-state index contributed by atoms with van der Waals surface area (Å²) in [7, 11) is 0. The summed E-state index contributed by atoms with van der Waals surface area (Å²) in [6.45, 7) is 0.288. The van der Waals surface area contributed by atoms with E-state index in [-0.39, 0.29) is 12.4 Å². The Bertz CT molecular complexity index is 322. The quantitative estimate of drug-likeness (QED) is 0.609. The number of ketones is 1. The molecule has 2 rings (SSSR count). The van der Waals surface area contributed by atoms with E-state index in [1.807, 2.05) is 6.07 Å². The molecule has 1 atom stereocenters. The first-order valence-electron chi connectivity index (χ1n) is 3.80. The van der Waals surface area contributed by atoms with Crippen LogP contribution in [-0.4, -0.2) is 18.4 Å². The Kier molecular flexibility index (Phi) is 1.59. The zero-order valence-electron chi connectivity index (χ0n) is 6.49. The van der Waals surface area contributed by atoms with Gasteiger partial charge in [0, 0.05) is 0 Å². The number of hydrogen-bond acceptors (Lipinski definition) is 3. The summed E-state index contributed by atoms with van der Waals surface area (Å²) in [6.07, 6.45) is 0. The highest BCUT2D eigenvalue weighted by atomic mass is 16.5. The molecule has 1 heterocycles. The predicted molar refractivity (Wildman–Crippen MR) is 44.2 cm³/mol. The molecular formula is C9H9NO2. The van der Waals surface area contributed by atoms with Crippen LogP contribution in [0.2, 0.25) is 0 Å². The second kappa shape index (κ2) is 2.60. The molecule has 0 radical (unpaired) electrons. The summed E-state index contributed by atoms with van der Waals surface area (Å²) < 4.78 is 5.26. The lowest BCUT2D eigenvalue weighted by molar-refractivity contribution is 0.0900. The first kappa shape index (κ1) is 7.31. The van der Waals surface area contributed by atoms with Crippen LogP contribution in [0.25, 0.3) is 0 Å². The molecular weight excluding hydrogens is 154 g/mol. The third-order valence-electron chi connectivity index (χ3n) is 1.91. The van der Waals surface area contributed by atoms with Crippen LogP contribution in [0.4, 0.5) is 0 Å². The molecule has 0 saturated heterocycles. The van der Waals surface area contributed by atoms with Gasteiger partial charge in [-0.1, -0.05) is 12.1 Å². The van der Waals surface area contributed by atoms with Crippen molar-refractivity contribution in [1.29, 1.82) is 0 Å². The summed E-state index contributed by atoms with van der Waals surface area (Å²) in [5.41, 5.74) is 6.11. The highest BCUT2D eigenvalue weighted by Gasteiger charge is 2.24. The summed E-state index contributed by atoms with van der Waals surface area (Å²) >= 11 is 0. The average Bonchev–Trinajstić information content (AvgIpc) is 2.12. The smallest absolute Gasteiger partial charge is 0.186 e. The minimum Gasteiger partial charge on any atom is -0.491 e. The first-order valence-corrected chi connectivity index (χ1v) is 3.80. The van der Waals surface area contributed by atoms with Gasteiger partial charge in [-0.3, -0.25) is 4.79 Å². The van der Waals surface area contributed by atoms with Crippen LogP contribution in [0.15, 0.2) is 24.3 Å². The molecule has 1 aromatic carbocycles. The highest BCUT2D eigenvalue weighted by molar-refractivity contribution is 6.03. The lowest BCUT2D eigenvalue weighted by Crippen LogP contribution is -2.39. The second-order valence-corrected chi connectivity index (χ2v) is 2.78. The first-order chi connectivity index (χ1) is 5.79. The predicted octanol–water partition coefficient (Wildman–Crippen LogP) is 0.589. The normalized spacial score (nSPS) is 21.4. The van der Waals surface area contributed by atoms with Crippen molar-refractivity contribution in [2.45, 2.75) is 6.04 Å². The molecule has 0 amide bonds. The van der Waals surface area contributed by atoms with E-state index in [0.717, 1.165) is 0 Å². The van der Waals surface area contributed by atoms with E-state index in [1.54, 1.807) is 18.2 Å². The van der Waals surface area contributed by atoms with Crippen LogP contribution in [0, 0.1) is 0 Å². The molecule has 0 aromatic heterocycles. The summed E-state index contributed by atoms with van der Waals surface area (Å²) in [5.74, 6) is 0.612. The topological polar surface area (TPSA) is 52.3 Å². The molecule has 0 unspecified atom stereocenters. The summed E-state index contributed by atoms with van der Waals surface area (Å²) in [5, 5.41) is 0. The van der Waals surface area contributed by atoms with Gasteiger partial charge in [0.2, 0.25) is 0 Å². The molecule has 3 nitrogen and oxygen atoms in total. The Labute approximate surface area is 70.1 Å². The number of nitrogens with two attached hydrogens (primary N) is 1. The molecule has 1 aliphatic heterocycles. The van der Waals surface area contributed by atoms with Crippen molar-refractivity contribution in [2.75, 3.05) is 6.61 Å². The molecule has 0 saturated carbocycles. The molecule has 1 aromatic rings. The van der Waals surface area contributed by atoms with E-state index >= 15 is 0 Å². The van der Waals surface area contributed by atoms with Crippen molar-refractivity contribution in [1.82, 2.24) is 0 Å². The molecule has 3 heteroatoms. The average molecular weight is 163 g/mol. The molecule has 0 spiro atoms. The van der Waals surface area contributed by atoms with Crippen molar-refractivity contribution in [3.63, 3.8) is 0 Å². The van der Waals surface area contributed by atoms with Gasteiger partial charge in [0.25, 0.3) is 0 Å². The Morgan fingerprint density at radius 1 is 1.42 bits per heavy atom. The van der Waals surface area contributed by atoms with Crippen LogP contribution in [0.3, 0.4) is 0 Å². The van der Waals surface area contributed by atoms with Crippen molar-refractivity contribution in [3.8, 4) is 5.75 Å². The van der Waals surface area contributed by atoms with Crippen LogP contribution < -0.4 is 10.5 Å². The maximum atomic E-state index is 11.4. The fraction of sp³-hybridized carbons (Fsp3) is 0.222. The molecule has 12 heavy (non-hydrogen) atoms. The number of rotatable bonds is 0. The minimum atomic E-state index is -0.500. The van der Waals surface area contributed by atoms with E-state index in [1.165, 1.54) is 0 Å². The van der Waals surface area contributed by atoms with Crippen LogP contribution >= 0.6 is 0 Å². The molecule has 0 fully saturated rings. The molecule has 2 N–H and O–H groups in total. The molecule has 0 aliphatic carbocycles. The maximum Gasteiger partial charge on any atom is 0.186 e. The fourth-order valence-corrected chi connectivity index (χ4v) is 1.25. The second-order valence-electron chi connectivity index (χ2n) is 2.78. The van der Waals surface area contributed by atoms with Crippen LogP contribution in [0.1, 0.15) is 10.4 Å². The Morgan fingerprint density at radius 2 is 2.17 bits per heavy atom. The minimum absolute atomic E-state index is 0.0307. The van der Waals surface area contributed by atoms with Gasteiger partial charge in [0.15, 0.2) is 5.78 Å². The number of para-hydroxylation sites is 1. The van der Waals surface area contributed by atoms with E-state index in [0.29, 0.717) is 11.3 Å². The third kappa shape index (κ3) is 0.987. The summed E-state index contributed by atoms with van der Waals surface area (Å²) in [6, 6.07) is 6.65. The van der Waals surface area contributed by atoms with E-state index < -0.39 is 6.04 Å². The monoisotopic (exact) mass is 163 g/mol. The third-order valence-corrected chi connectivity index (χ3v) is 1.91. The van der Waals surface area contributed by atoms with Gasteiger partial charge in [-0.25, -0.2) is 0 Å².